The Kier molecular flexibility index (Phi) is 4.22. The van der Waals surface area contributed by atoms with Crippen LogP contribution in [-0.2, 0) is 0 Å². The second-order valence-electron chi connectivity index (χ2n) is 10.4. The standard InChI is InChI=1S/C33H25BN2O/c1-21(2)22-19-25-24-13-10-18-31-33(24)36(28-16-8-9-17-30(28)37-31)34-26-14-6-7-15-27(26)35(29(20-22)32(25)34)23-11-4-3-5-12-23/h3-21H,1-2H3. The first-order valence-corrected chi connectivity index (χ1v) is 13.0. The summed E-state index contributed by atoms with van der Waals surface area (Å²) in [5.74, 6) is 2.23. The molecule has 5 aromatic rings. The molecule has 0 aliphatic carbocycles. The normalized spacial score (nSPS) is 14.0. The zero-order chi connectivity index (χ0) is 24.7. The first kappa shape index (κ1) is 20.7. The van der Waals surface area contributed by atoms with Crippen molar-refractivity contribution in [3.63, 3.8) is 0 Å². The van der Waals surface area contributed by atoms with E-state index in [9.17, 15) is 0 Å². The average Bonchev–Trinajstić information content (AvgIpc) is 2.94. The van der Waals surface area contributed by atoms with E-state index in [1.165, 1.54) is 44.7 Å². The minimum atomic E-state index is 0.0427. The van der Waals surface area contributed by atoms with Gasteiger partial charge in [0.2, 0.25) is 0 Å². The predicted molar refractivity (Wildman–Crippen MR) is 154 cm³/mol. The quantitative estimate of drug-likeness (QED) is 0.244. The lowest BCUT2D eigenvalue weighted by Crippen LogP contribution is -2.62. The Hall–Kier alpha value is -4.44. The molecule has 3 aliphatic rings. The fourth-order valence-electron chi connectivity index (χ4n) is 6.34. The van der Waals surface area contributed by atoms with E-state index in [1.54, 1.807) is 0 Å². The highest BCUT2D eigenvalue weighted by Gasteiger charge is 2.47. The molecule has 0 bridgehead atoms. The monoisotopic (exact) mass is 476 g/mol. The lowest BCUT2D eigenvalue weighted by atomic mass is 9.43. The fraction of sp³-hybridized carbons (Fsp3) is 0.0909. The Balaban J connectivity index is 1.53. The molecule has 0 saturated carbocycles. The summed E-state index contributed by atoms with van der Waals surface area (Å²) in [7, 11) is 0. The van der Waals surface area contributed by atoms with Gasteiger partial charge < -0.3 is 14.4 Å². The fourth-order valence-corrected chi connectivity index (χ4v) is 6.34. The second kappa shape index (κ2) is 7.53. The van der Waals surface area contributed by atoms with Gasteiger partial charge >= 0.3 is 6.85 Å². The summed E-state index contributed by atoms with van der Waals surface area (Å²) in [4.78, 5) is 4.98. The molecule has 0 radical (unpaired) electrons. The van der Waals surface area contributed by atoms with Crippen LogP contribution in [0.3, 0.4) is 0 Å². The molecule has 0 fully saturated rings. The average molecular weight is 476 g/mol. The molecule has 0 atom stereocenters. The number of anilines is 5. The summed E-state index contributed by atoms with van der Waals surface area (Å²) >= 11 is 0. The molecule has 3 heterocycles. The van der Waals surface area contributed by atoms with Gasteiger partial charge in [0.1, 0.15) is 5.75 Å². The van der Waals surface area contributed by atoms with Crippen molar-refractivity contribution in [1.29, 1.82) is 0 Å². The van der Waals surface area contributed by atoms with Crippen molar-refractivity contribution in [3.05, 3.63) is 115 Å². The SMILES string of the molecule is CC(C)c1cc2c3c(c1)N(c1ccccc1)c1ccccc1B3N1c3ccccc3Oc3cccc-2c31. The third-order valence-corrected chi connectivity index (χ3v) is 7.98. The van der Waals surface area contributed by atoms with Crippen molar-refractivity contribution in [2.24, 2.45) is 0 Å². The molecule has 0 spiro atoms. The van der Waals surface area contributed by atoms with Gasteiger partial charge in [-0.3, -0.25) is 0 Å². The van der Waals surface area contributed by atoms with E-state index in [1.807, 2.05) is 0 Å². The Morgan fingerprint density at radius 1 is 0.649 bits per heavy atom. The molecular weight excluding hydrogens is 451 g/mol. The van der Waals surface area contributed by atoms with Gasteiger partial charge in [0, 0.05) is 22.6 Å². The first-order valence-electron chi connectivity index (χ1n) is 13.0. The summed E-state index contributed by atoms with van der Waals surface area (Å²) in [6.07, 6.45) is 0. The highest BCUT2D eigenvalue weighted by atomic mass is 16.5. The number of hydrogen-bond donors (Lipinski definition) is 0. The van der Waals surface area contributed by atoms with Gasteiger partial charge in [-0.25, -0.2) is 0 Å². The highest BCUT2D eigenvalue weighted by molar-refractivity contribution is 6.93. The molecule has 3 nitrogen and oxygen atoms in total. The topological polar surface area (TPSA) is 15.7 Å². The third kappa shape index (κ3) is 2.78. The highest BCUT2D eigenvalue weighted by Crippen LogP contribution is 2.55. The Morgan fingerprint density at radius 3 is 2.22 bits per heavy atom. The van der Waals surface area contributed by atoms with Gasteiger partial charge in [-0.15, -0.1) is 0 Å². The number of fused-ring (bicyclic) bond motifs is 6. The van der Waals surface area contributed by atoms with E-state index in [4.69, 9.17) is 4.74 Å². The van der Waals surface area contributed by atoms with Gasteiger partial charge in [0.05, 0.1) is 11.4 Å². The van der Waals surface area contributed by atoms with Crippen molar-refractivity contribution < 1.29 is 4.74 Å². The number of rotatable bonds is 2. The minimum Gasteiger partial charge on any atom is -0.453 e. The first-order chi connectivity index (χ1) is 18.2. The smallest absolute Gasteiger partial charge is 0.333 e. The summed E-state index contributed by atoms with van der Waals surface area (Å²) in [5, 5.41) is 0. The van der Waals surface area contributed by atoms with Gasteiger partial charge in [0.25, 0.3) is 0 Å². The largest absolute Gasteiger partial charge is 0.453 e. The summed E-state index contributed by atoms with van der Waals surface area (Å²) in [6, 6.07) is 39.4. The Morgan fingerprint density at radius 2 is 1.38 bits per heavy atom. The molecule has 5 aromatic carbocycles. The van der Waals surface area contributed by atoms with Crippen LogP contribution < -0.4 is 25.4 Å². The molecule has 0 aromatic heterocycles. The van der Waals surface area contributed by atoms with Crippen LogP contribution in [-0.4, -0.2) is 6.85 Å². The molecule has 176 valence electrons. The van der Waals surface area contributed by atoms with Crippen LogP contribution in [0.5, 0.6) is 11.5 Å². The number of para-hydroxylation sites is 5. The third-order valence-electron chi connectivity index (χ3n) is 7.98. The summed E-state index contributed by atoms with van der Waals surface area (Å²) in [6.45, 7) is 4.61. The van der Waals surface area contributed by atoms with Crippen LogP contribution in [0.25, 0.3) is 11.1 Å². The van der Waals surface area contributed by atoms with Crippen molar-refractivity contribution in [2.45, 2.75) is 19.8 Å². The van der Waals surface area contributed by atoms with Gasteiger partial charge in [-0.2, -0.15) is 0 Å². The van der Waals surface area contributed by atoms with E-state index in [0.717, 1.165) is 22.9 Å². The zero-order valence-electron chi connectivity index (χ0n) is 20.8. The summed E-state index contributed by atoms with van der Waals surface area (Å²) in [5.41, 5.74) is 12.5. The van der Waals surface area contributed by atoms with Crippen LogP contribution >= 0.6 is 0 Å². The molecule has 8 rings (SSSR count). The molecular formula is C33H25BN2O. The molecule has 0 amide bonds. The lowest BCUT2D eigenvalue weighted by molar-refractivity contribution is 0.478. The Bertz CT molecular complexity index is 1710. The maximum atomic E-state index is 6.48. The van der Waals surface area contributed by atoms with E-state index in [0.29, 0.717) is 5.92 Å². The van der Waals surface area contributed by atoms with Crippen LogP contribution in [0, 0.1) is 0 Å². The van der Waals surface area contributed by atoms with Crippen molar-refractivity contribution in [1.82, 2.24) is 0 Å². The zero-order valence-corrected chi connectivity index (χ0v) is 20.8. The van der Waals surface area contributed by atoms with Crippen LogP contribution in [0.15, 0.2) is 109 Å². The van der Waals surface area contributed by atoms with Gasteiger partial charge in [-0.1, -0.05) is 80.6 Å². The second-order valence-corrected chi connectivity index (χ2v) is 10.4. The van der Waals surface area contributed by atoms with Crippen molar-refractivity contribution in [2.75, 3.05) is 9.71 Å². The van der Waals surface area contributed by atoms with Crippen LogP contribution in [0.2, 0.25) is 0 Å². The number of benzene rings is 5. The van der Waals surface area contributed by atoms with E-state index in [-0.39, 0.29) is 6.85 Å². The number of ether oxygens (including phenoxy) is 1. The Labute approximate surface area is 217 Å². The number of nitrogens with zero attached hydrogens (tertiary/aromatic N) is 2. The van der Waals surface area contributed by atoms with Crippen LogP contribution in [0.4, 0.5) is 28.4 Å². The minimum absolute atomic E-state index is 0.0427. The van der Waals surface area contributed by atoms with Crippen molar-refractivity contribution >= 4 is 46.2 Å². The van der Waals surface area contributed by atoms with Gasteiger partial charge in [-0.05, 0) is 70.4 Å². The van der Waals surface area contributed by atoms with E-state index in [2.05, 4.69) is 133 Å². The predicted octanol–water partition coefficient (Wildman–Crippen LogP) is 7.62. The summed E-state index contributed by atoms with van der Waals surface area (Å²) < 4.78 is 6.48. The molecule has 0 saturated heterocycles. The van der Waals surface area contributed by atoms with Crippen molar-refractivity contribution in [3.8, 4) is 22.6 Å². The maximum absolute atomic E-state index is 6.48. The van der Waals surface area contributed by atoms with E-state index >= 15 is 0 Å². The molecule has 3 aliphatic heterocycles. The van der Waals surface area contributed by atoms with Crippen LogP contribution in [0.1, 0.15) is 25.3 Å². The van der Waals surface area contributed by atoms with E-state index < -0.39 is 0 Å². The molecule has 4 heteroatoms. The molecule has 0 unspecified atom stereocenters. The van der Waals surface area contributed by atoms with Gasteiger partial charge in [0.15, 0.2) is 5.75 Å². The number of hydrogen-bond acceptors (Lipinski definition) is 3. The lowest BCUT2D eigenvalue weighted by Gasteiger charge is -2.47. The molecule has 0 N–H and O–H groups in total. The maximum Gasteiger partial charge on any atom is 0.333 e. The molecule has 37 heavy (non-hydrogen) atoms.